The number of rotatable bonds is 3. The number of anilines is 2. The summed E-state index contributed by atoms with van der Waals surface area (Å²) in [6, 6.07) is 8.14. The molecule has 1 aliphatic rings. The van der Waals surface area contributed by atoms with E-state index in [9.17, 15) is 4.79 Å². The van der Waals surface area contributed by atoms with E-state index < -0.39 is 0 Å². The normalized spacial score (nSPS) is 18.3. The molecule has 8 heteroatoms. The maximum Gasteiger partial charge on any atom is 0.231 e. The molecule has 3 heterocycles. The van der Waals surface area contributed by atoms with Crippen molar-refractivity contribution >= 4 is 49.1 Å². The summed E-state index contributed by atoms with van der Waals surface area (Å²) in [7, 11) is 0. The third-order valence-corrected chi connectivity index (χ3v) is 5.64. The number of fused-ring (bicyclic) bond motifs is 1. The second kappa shape index (κ2) is 6.21. The van der Waals surface area contributed by atoms with E-state index in [1.54, 1.807) is 16.8 Å². The topological polar surface area (TPSA) is 71.0 Å². The molecule has 0 aliphatic carbocycles. The maximum absolute atomic E-state index is 12.4. The van der Waals surface area contributed by atoms with Gasteiger partial charge < -0.3 is 10.2 Å². The quantitative estimate of drug-likeness (QED) is 0.790. The first-order valence-electron chi connectivity index (χ1n) is 7.47. The van der Waals surface area contributed by atoms with Gasteiger partial charge in [-0.1, -0.05) is 34.8 Å². The highest BCUT2D eigenvalue weighted by molar-refractivity contribution is 7.22. The van der Waals surface area contributed by atoms with Crippen LogP contribution in [-0.4, -0.2) is 34.2 Å². The number of benzene rings is 1. The number of piperidine rings is 1. The van der Waals surface area contributed by atoms with Crippen molar-refractivity contribution in [1.82, 2.24) is 15.2 Å². The molecule has 1 fully saturated rings. The summed E-state index contributed by atoms with van der Waals surface area (Å²) in [5.74, 6) is -0.0211. The third-order valence-electron chi connectivity index (χ3n) is 3.94. The lowest BCUT2D eigenvalue weighted by molar-refractivity contribution is -0.120. The summed E-state index contributed by atoms with van der Waals surface area (Å²) in [4.78, 5) is 19.3. The van der Waals surface area contributed by atoms with Gasteiger partial charge in [-0.25, -0.2) is 4.98 Å². The molecule has 118 valence electrons. The average molecular weight is 345 g/mol. The first kappa shape index (κ1) is 14.5. The largest absolute Gasteiger partial charge is 0.347 e. The van der Waals surface area contributed by atoms with E-state index in [4.69, 9.17) is 4.98 Å². The minimum atomic E-state index is -0.0420. The molecule has 23 heavy (non-hydrogen) atoms. The Balaban J connectivity index is 1.49. The molecule has 0 saturated carbocycles. The Labute approximate surface area is 141 Å². The van der Waals surface area contributed by atoms with Gasteiger partial charge in [-0.05, 0) is 25.0 Å². The van der Waals surface area contributed by atoms with Crippen molar-refractivity contribution in [2.24, 2.45) is 5.92 Å². The molecule has 0 bridgehead atoms. The second-order valence-electron chi connectivity index (χ2n) is 5.48. The molecule has 1 N–H and O–H groups in total. The van der Waals surface area contributed by atoms with Crippen molar-refractivity contribution in [1.29, 1.82) is 0 Å². The van der Waals surface area contributed by atoms with Crippen molar-refractivity contribution < 1.29 is 4.79 Å². The van der Waals surface area contributed by atoms with Gasteiger partial charge in [0, 0.05) is 13.1 Å². The molecule has 1 aromatic carbocycles. The van der Waals surface area contributed by atoms with E-state index in [2.05, 4.69) is 26.5 Å². The summed E-state index contributed by atoms with van der Waals surface area (Å²) in [6.07, 6.45) is 1.89. The van der Waals surface area contributed by atoms with E-state index in [0.717, 1.165) is 30.0 Å². The highest BCUT2D eigenvalue weighted by Crippen LogP contribution is 2.31. The van der Waals surface area contributed by atoms with Crippen molar-refractivity contribution in [3.63, 3.8) is 0 Å². The van der Waals surface area contributed by atoms with Crippen molar-refractivity contribution in [3.05, 3.63) is 29.8 Å². The number of para-hydroxylation sites is 1. The van der Waals surface area contributed by atoms with Gasteiger partial charge >= 0.3 is 0 Å². The Morgan fingerprint density at radius 3 is 3.09 bits per heavy atom. The summed E-state index contributed by atoms with van der Waals surface area (Å²) < 4.78 is 1.18. The molecule has 1 aliphatic heterocycles. The fraction of sp³-hybridized carbons (Fsp3) is 0.333. The van der Waals surface area contributed by atoms with Gasteiger partial charge in [0.1, 0.15) is 5.51 Å². The molecule has 0 radical (unpaired) electrons. The maximum atomic E-state index is 12.4. The number of carbonyl (C=O) groups excluding carboxylic acids is 1. The molecular weight excluding hydrogens is 330 g/mol. The Bertz CT molecular complexity index is 783. The third kappa shape index (κ3) is 3.04. The fourth-order valence-electron chi connectivity index (χ4n) is 2.80. The second-order valence-corrected chi connectivity index (χ2v) is 7.32. The predicted octanol–water partition coefficient (Wildman–Crippen LogP) is 3.00. The Kier molecular flexibility index (Phi) is 3.92. The molecule has 1 saturated heterocycles. The van der Waals surface area contributed by atoms with Gasteiger partial charge in [-0.3, -0.25) is 4.79 Å². The Morgan fingerprint density at radius 2 is 2.26 bits per heavy atom. The molecule has 2 aromatic heterocycles. The minimum Gasteiger partial charge on any atom is -0.347 e. The molecule has 4 rings (SSSR count). The first-order chi connectivity index (χ1) is 11.3. The van der Waals surface area contributed by atoms with E-state index in [1.807, 2.05) is 18.2 Å². The van der Waals surface area contributed by atoms with E-state index in [-0.39, 0.29) is 11.8 Å². The number of nitrogens with zero attached hydrogens (tertiary/aromatic N) is 4. The number of nitrogens with one attached hydrogen (secondary N) is 1. The van der Waals surface area contributed by atoms with Crippen molar-refractivity contribution in [2.75, 3.05) is 23.3 Å². The number of thiazole rings is 1. The van der Waals surface area contributed by atoms with Crippen LogP contribution in [0.2, 0.25) is 0 Å². The van der Waals surface area contributed by atoms with Gasteiger partial charge in [0.15, 0.2) is 5.13 Å². The lowest BCUT2D eigenvalue weighted by atomic mass is 9.98. The van der Waals surface area contributed by atoms with Gasteiger partial charge in [-0.15, -0.1) is 10.2 Å². The van der Waals surface area contributed by atoms with E-state index >= 15 is 0 Å². The zero-order chi connectivity index (χ0) is 15.6. The van der Waals surface area contributed by atoms with Crippen molar-refractivity contribution in [3.8, 4) is 0 Å². The van der Waals surface area contributed by atoms with Crippen LogP contribution < -0.4 is 10.2 Å². The van der Waals surface area contributed by atoms with Crippen LogP contribution in [0.5, 0.6) is 0 Å². The van der Waals surface area contributed by atoms with Crippen LogP contribution in [0.15, 0.2) is 29.8 Å². The highest BCUT2D eigenvalue weighted by atomic mass is 32.1. The van der Waals surface area contributed by atoms with Crippen LogP contribution in [0.3, 0.4) is 0 Å². The van der Waals surface area contributed by atoms with Crippen LogP contribution in [0.1, 0.15) is 12.8 Å². The van der Waals surface area contributed by atoms with Crippen LogP contribution in [0.25, 0.3) is 10.2 Å². The summed E-state index contributed by atoms with van der Waals surface area (Å²) in [5.41, 5.74) is 2.64. The molecule has 1 amide bonds. The Morgan fingerprint density at radius 1 is 1.35 bits per heavy atom. The standard InChI is InChI=1S/C15H15N5OS2/c21-13(18-14-19-16-9-22-14)10-4-3-7-20(8-10)15-17-11-5-1-2-6-12(11)23-15/h1-2,5-6,9-10H,3-4,7-8H2,(H,18,19,21)/t10-/m1/s1. The monoisotopic (exact) mass is 345 g/mol. The smallest absolute Gasteiger partial charge is 0.231 e. The molecule has 0 unspecified atom stereocenters. The van der Waals surface area contributed by atoms with Crippen LogP contribution in [0.4, 0.5) is 10.3 Å². The van der Waals surface area contributed by atoms with Crippen LogP contribution >= 0.6 is 22.7 Å². The predicted molar refractivity (Wildman–Crippen MR) is 93.1 cm³/mol. The number of hydrogen-bond acceptors (Lipinski definition) is 7. The summed E-state index contributed by atoms with van der Waals surface area (Å²) in [6.45, 7) is 1.65. The molecule has 6 nitrogen and oxygen atoms in total. The van der Waals surface area contributed by atoms with Gasteiger partial charge in [0.2, 0.25) is 11.0 Å². The molecule has 3 aromatic rings. The highest BCUT2D eigenvalue weighted by Gasteiger charge is 2.27. The summed E-state index contributed by atoms with van der Waals surface area (Å²) >= 11 is 3.02. The van der Waals surface area contributed by atoms with Gasteiger partial charge in [0.05, 0.1) is 16.1 Å². The number of hydrogen-bond donors (Lipinski definition) is 1. The SMILES string of the molecule is O=C(Nc1nncs1)[C@@H]1CCCN(c2nc3ccccc3s2)C1. The number of amides is 1. The Hall–Kier alpha value is -2.06. The number of carbonyl (C=O) groups is 1. The van der Waals surface area contributed by atoms with Gasteiger partial charge in [-0.2, -0.15) is 0 Å². The zero-order valence-corrected chi connectivity index (χ0v) is 13.9. The fourth-order valence-corrected chi connectivity index (χ4v) is 4.24. The first-order valence-corrected chi connectivity index (χ1v) is 9.17. The van der Waals surface area contributed by atoms with Crippen LogP contribution in [0, 0.1) is 5.92 Å². The average Bonchev–Trinajstić information content (AvgIpc) is 3.24. The summed E-state index contributed by atoms with van der Waals surface area (Å²) in [5, 5.41) is 12.0. The lowest BCUT2D eigenvalue weighted by Gasteiger charge is -2.31. The van der Waals surface area contributed by atoms with Crippen molar-refractivity contribution in [2.45, 2.75) is 12.8 Å². The molecule has 0 spiro atoms. The molecule has 1 atom stereocenters. The van der Waals surface area contributed by atoms with Gasteiger partial charge in [0.25, 0.3) is 0 Å². The minimum absolute atomic E-state index is 0.0209. The van der Waals surface area contributed by atoms with E-state index in [1.165, 1.54) is 16.0 Å². The van der Waals surface area contributed by atoms with Crippen LogP contribution in [-0.2, 0) is 4.79 Å². The zero-order valence-electron chi connectivity index (χ0n) is 12.3. The molecular formula is C15H15N5OS2. The lowest BCUT2D eigenvalue weighted by Crippen LogP contribution is -2.40. The van der Waals surface area contributed by atoms with E-state index in [0.29, 0.717) is 11.7 Å². The number of aromatic nitrogens is 3.